The van der Waals surface area contributed by atoms with E-state index in [2.05, 4.69) is 18.9 Å². The minimum Gasteiger partial charge on any atom is -0.346 e. The van der Waals surface area contributed by atoms with E-state index in [1.165, 1.54) is 0 Å². The summed E-state index contributed by atoms with van der Waals surface area (Å²) in [6.07, 6.45) is 2.62. The third kappa shape index (κ3) is 7.33. The highest BCUT2D eigenvalue weighted by Crippen LogP contribution is 1.95. The number of rotatable bonds is 8. The number of nitrogens with zero attached hydrogens (tertiary/aromatic N) is 2. The van der Waals surface area contributed by atoms with Crippen LogP contribution >= 0.6 is 0 Å². The first-order valence-electron chi connectivity index (χ1n) is 5.74. The van der Waals surface area contributed by atoms with E-state index in [1.54, 1.807) is 4.90 Å². The molecule has 0 aliphatic heterocycles. The van der Waals surface area contributed by atoms with Crippen LogP contribution in [-0.2, 0) is 4.79 Å². The molecule has 0 bridgehead atoms. The maximum Gasteiger partial charge on any atom is 0.223 e. The molecular weight excluding hydrogens is 190 g/mol. The second-order valence-electron chi connectivity index (χ2n) is 4.01. The van der Waals surface area contributed by atoms with Gasteiger partial charge in [-0.2, -0.15) is 0 Å². The van der Waals surface area contributed by atoms with Crippen molar-refractivity contribution in [2.75, 3.05) is 40.3 Å². The van der Waals surface area contributed by atoms with Crippen LogP contribution in [0.5, 0.6) is 0 Å². The van der Waals surface area contributed by atoms with Gasteiger partial charge in [-0.3, -0.25) is 4.79 Å². The quantitative estimate of drug-likeness (QED) is 0.642. The Morgan fingerprint density at radius 2 is 1.87 bits per heavy atom. The molecule has 0 unspecified atom stereocenters. The minimum absolute atomic E-state index is 0.214. The van der Waals surface area contributed by atoms with E-state index in [-0.39, 0.29) is 5.91 Å². The zero-order valence-electron chi connectivity index (χ0n) is 10.3. The summed E-state index contributed by atoms with van der Waals surface area (Å²) in [5.74, 6) is 0.214. The number of hydrogen-bond donors (Lipinski definition) is 1. The molecule has 0 saturated carbocycles. The second kappa shape index (κ2) is 8.68. The van der Waals surface area contributed by atoms with Gasteiger partial charge < -0.3 is 15.5 Å². The average Bonchev–Trinajstić information content (AvgIpc) is 2.22. The zero-order chi connectivity index (χ0) is 11.7. The lowest BCUT2D eigenvalue weighted by Gasteiger charge is -2.19. The highest BCUT2D eigenvalue weighted by Gasteiger charge is 2.08. The van der Waals surface area contributed by atoms with Gasteiger partial charge in [0.05, 0.1) is 0 Å². The predicted octanol–water partition coefficient (Wildman–Crippen LogP) is 0.526. The number of nitrogens with two attached hydrogens (primary N) is 1. The third-order valence-corrected chi connectivity index (χ3v) is 2.44. The van der Waals surface area contributed by atoms with Crippen molar-refractivity contribution in [1.29, 1.82) is 0 Å². The fourth-order valence-corrected chi connectivity index (χ4v) is 1.42. The summed E-state index contributed by atoms with van der Waals surface area (Å²) in [5, 5.41) is 0. The molecule has 90 valence electrons. The Hall–Kier alpha value is -0.610. The summed E-state index contributed by atoms with van der Waals surface area (Å²) >= 11 is 0. The Morgan fingerprint density at radius 3 is 2.40 bits per heavy atom. The largest absolute Gasteiger partial charge is 0.346 e. The summed E-state index contributed by atoms with van der Waals surface area (Å²) < 4.78 is 0. The Labute approximate surface area is 93.4 Å². The SMILES string of the molecule is CCCN(C)CCC(=O)N(C)CCCN. The second-order valence-corrected chi connectivity index (χ2v) is 4.01. The van der Waals surface area contributed by atoms with Crippen molar-refractivity contribution < 1.29 is 4.79 Å². The van der Waals surface area contributed by atoms with Crippen molar-refractivity contribution in [2.24, 2.45) is 5.73 Å². The van der Waals surface area contributed by atoms with Gasteiger partial charge in [0, 0.05) is 26.6 Å². The van der Waals surface area contributed by atoms with Crippen molar-refractivity contribution in [1.82, 2.24) is 9.80 Å². The van der Waals surface area contributed by atoms with Crippen LogP contribution in [0, 0.1) is 0 Å². The fourth-order valence-electron chi connectivity index (χ4n) is 1.42. The lowest BCUT2D eigenvalue weighted by Crippen LogP contribution is -2.32. The minimum atomic E-state index is 0.214. The van der Waals surface area contributed by atoms with E-state index >= 15 is 0 Å². The summed E-state index contributed by atoms with van der Waals surface area (Å²) in [6, 6.07) is 0. The molecule has 0 aliphatic rings. The smallest absolute Gasteiger partial charge is 0.223 e. The van der Waals surface area contributed by atoms with Crippen LogP contribution in [0.4, 0.5) is 0 Å². The van der Waals surface area contributed by atoms with Crippen molar-refractivity contribution >= 4 is 5.91 Å². The molecule has 0 fully saturated rings. The summed E-state index contributed by atoms with van der Waals surface area (Å²) in [6.45, 7) is 5.46. The van der Waals surface area contributed by atoms with Crippen molar-refractivity contribution in [3.63, 3.8) is 0 Å². The van der Waals surface area contributed by atoms with Gasteiger partial charge in [-0.1, -0.05) is 6.92 Å². The van der Waals surface area contributed by atoms with Crippen LogP contribution in [0.25, 0.3) is 0 Å². The molecule has 4 heteroatoms. The van der Waals surface area contributed by atoms with Gasteiger partial charge >= 0.3 is 0 Å². The molecule has 15 heavy (non-hydrogen) atoms. The zero-order valence-corrected chi connectivity index (χ0v) is 10.3. The Morgan fingerprint density at radius 1 is 1.20 bits per heavy atom. The topological polar surface area (TPSA) is 49.6 Å². The standard InChI is InChI=1S/C11H25N3O/c1-4-8-13(2)10-6-11(15)14(3)9-5-7-12/h4-10,12H2,1-3H3. The normalized spacial score (nSPS) is 10.7. The van der Waals surface area contributed by atoms with Crippen LogP contribution < -0.4 is 5.73 Å². The Kier molecular flexibility index (Phi) is 8.33. The van der Waals surface area contributed by atoms with Crippen molar-refractivity contribution in [3.8, 4) is 0 Å². The number of hydrogen-bond acceptors (Lipinski definition) is 3. The molecule has 0 heterocycles. The molecule has 0 aromatic heterocycles. The molecule has 0 aliphatic carbocycles. The van der Waals surface area contributed by atoms with E-state index in [1.807, 2.05) is 7.05 Å². The molecule has 2 N–H and O–H groups in total. The first kappa shape index (κ1) is 14.4. The van der Waals surface area contributed by atoms with Gasteiger partial charge in [0.25, 0.3) is 0 Å². The molecule has 1 amide bonds. The van der Waals surface area contributed by atoms with Gasteiger partial charge in [0.1, 0.15) is 0 Å². The predicted molar refractivity (Wildman–Crippen MR) is 63.7 cm³/mol. The maximum atomic E-state index is 11.6. The molecule has 0 atom stereocenters. The Balaban J connectivity index is 3.63. The molecular formula is C11H25N3O. The molecule has 0 radical (unpaired) electrons. The fraction of sp³-hybridized carbons (Fsp3) is 0.909. The van der Waals surface area contributed by atoms with Gasteiger partial charge in [0.2, 0.25) is 5.91 Å². The first-order valence-corrected chi connectivity index (χ1v) is 5.74. The molecule has 0 aromatic carbocycles. The van der Waals surface area contributed by atoms with Crippen molar-refractivity contribution in [2.45, 2.75) is 26.2 Å². The summed E-state index contributed by atoms with van der Waals surface area (Å²) in [5.41, 5.74) is 5.39. The number of amides is 1. The van der Waals surface area contributed by atoms with E-state index in [0.29, 0.717) is 13.0 Å². The van der Waals surface area contributed by atoms with Crippen LogP contribution in [-0.4, -0.2) is 56.0 Å². The lowest BCUT2D eigenvalue weighted by molar-refractivity contribution is -0.130. The van der Waals surface area contributed by atoms with Crippen LogP contribution in [0.2, 0.25) is 0 Å². The van der Waals surface area contributed by atoms with Gasteiger partial charge in [-0.05, 0) is 33.0 Å². The van der Waals surface area contributed by atoms with E-state index < -0.39 is 0 Å². The van der Waals surface area contributed by atoms with Crippen LogP contribution in [0.1, 0.15) is 26.2 Å². The Bertz CT molecular complexity index is 173. The highest BCUT2D eigenvalue weighted by molar-refractivity contribution is 5.76. The average molecular weight is 215 g/mol. The van der Waals surface area contributed by atoms with E-state index in [4.69, 9.17) is 5.73 Å². The van der Waals surface area contributed by atoms with Crippen LogP contribution in [0.3, 0.4) is 0 Å². The molecule has 4 nitrogen and oxygen atoms in total. The van der Waals surface area contributed by atoms with E-state index in [0.717, 1.165) is 32.5 Å². The van der Waals surface area contributed by atoms with Crippen LogP contribution in [0.15, 0.2) is 0 Å². The first-order chi connectivity index (χ1) is 7.11. The van der Waals surface area contributed by atoms with E-state index in [9.17, 15) is 4.79 Å². The van der Waals surface area contributed by atoms with Gasteiger partial charge in [0.15, 0.2) is 0 Å². The number of carbonyl (C=O) groups is 1. The van der Waals surface area contributed by atoms with Gasteiger partial charge in [-0.15, -0.1) is 0 Å². The molecule has 0 spiro atoms. The summed E-state index contributed by atoms with van der Waals surface area (Å²) in [4.78, 5) is 15.6. The van der Waals surface area contributed by atoms with Gasteiger partial charge in [-0.25, -0.2) is 0 Å². The lowest BCUT2D eigenvalue weighted by atomic mass is 10.3. The van der Waals surface area contributed by atoms with Crippen molar-refractivity contribution in [3.05, 3.63) is 0 Å². The highest BCUT2D eigenvalue weighted by atomic mass is 16.2. The monoisotopic (exact) mass is 215 g/mol. The molecule has 0 saturated heterocycles. The molecule has 0 rings (SSSR count). The maximum absolute atomic E-state index is 11.6. The third-order valence-electron chi connectivity index (χ3n) is 2.44. The molecule has 0 aromatic rings. The number of carbonyl (C=O) groups excluding carboxylic acids is 1. The summed E-state index contributed by atoms with van der Waals surface area (Å²) in [7, 11) is 3.90.